The maximum Gasteiger partial charge on any atom is 0.0618 e. The van der Waals surface area contributed by atoms with Crippen molar-refractivity contribution in [3.8, 4) is 0 Å². The maximum absolute atomic E-state index is 6.24. The van der Waals surface area contributed by atoms with Crippen LogP contribution in [0.2, 0.25) is 0 Å². The van der Waals surface area contributed by atoms with Crippen molar-refractivity contribution in [2.24, 2.45) is 0 Å². The zero-order valence-corrected chi connectivity index (χ0v) is 18.7. The van der Waals surface area contributed by atoms with Gasteiger partial charge in [0.1, 0.15) is 0 Å². The van der Waals surface area contributed by atoms with Gasteiger partial charge >= 0.3 is 0 Å². The van der Waals surface area contributed by atoms with Crippen LogP contribution in [0.3, 0.4) is 0 Å². The molecule has 3 saturated carbocycles. The summed E-state index contributed by atoms with van der Waals surface area (Å²) in [5.41, 5.74) is 16.6. The molecule has 0 unspecified atom stereocenters. The number of hydrogen-bond acceptors (Lipinski definition) is 3. The summed E-state index contributed by atoms with van der Waals surface area (Å²) in [6.45, 7) is 2.28. The van der Waals surface area contributed by atoms with Crippen LogP contribution in [-0.2, 0) is 0 Å². The molecule has 5 rings (SSSR count). The Morgan fingerprint density at radius 2 is 1.83 bits per heavy atom. The Balaban J connectivity index is 1.55. The van der Waals surface area contributed by atoms with Crippen LogP contribution in [0, 0.1) is 6.92 Å². The summed E-state index contributed by atoms with van der Waals surface area (Å²) in [5, 5.41) is 7.49. The summed E-state index contributed by atoms with van der Waals surface area (Å²) in [5.74, 6) is 0.685. The SMILES string of the molecule is Cc1cc(Nc2ccc(Br)cc2N)cc(C2CCC2)c1C(NC1CC1)=C1CCC1. The third kappa shape index (κ3) is 3.92. The fourth-order valence-electron chi connectivity index (χ4n) is 4.46. The molecule has 2 aromatic carbocycles. The summed E-state index contributed by atoms with van der Waals surface area (Å²) in [6, 6.07) is 11.4. The molecule has 2 aromatic rings. The minimum absolute atomic E-state index is 0.685. The molecule has 0 amide bonds. The smallest absolute Gasteiger partial charge is 0.0618 e. The van der Waals surface area contributed by atoms with Crippen LogP contribution in [0.25, 0.3) is 5.70 Å². The summed E-state index contributed by atoms with van der Waals surface area (Å²) < 4.78 is 1.00. The van der Waals surface area contributed by atoms with Crippen molar-refractivity contribution >= 4 is 38.7 Å². The van der Waals surface area contributed by atoms with Crippen molar-refractivity contribution in [3.05, 3.63) is 57.1 Å². The number of allylic oxidation sites excluding steroid dienone is 1. The summed E-state index contributed by atoms with van der Waals surface area (Å²) >= 11 is 3.50. The first-order valence-corrected chi connectivity index (χ1v) is 11.8. The molecule has 0 radical (unpaired) electrons. The molecule has 152 valence electrons. The number of rotatable bonds is 6. The van der Waals surface area contributed by atoms with E-state index in [1.165, 1.54) is 73.8 Å². The van der Waals surface area contributed by atoms with Gasteiger partial charge in [-0.15, -0.1) is 0 Å². The van der Waals surface area contributed by atoms with Gasteiger partial charge in [-0.3, -0.25) is 0 Å². The van der Waals surface area contributed by atoms with Gasteiger partial charge in [0.15, 0.2) is 0 Å². The largest absolute Gasteiger partial charge is 0.397 e. The molecule has 3 nitrogen and oxygen atoms in total. The Morgan fingerprint density at radius 1 is 1.03 bits per heavy atom. The van der Waals surface area contributed by atoms with Gasteiger partial charge in [-0.25, -0.2) is 0 Å². The second-order valence-corrected chi connectivity index (χ2v) is 9.91. The first kappa shape index (κ1) is 19.0. The molecule has 4 N–H and O–H groups in total. The summed E-state index contributed by atoms with van der Waals surface area (Å²) in [6.07, 6.45) is 10.5. The third-order valence-corrected chi connectivity index (χ3v) is 7.18. The van der Waals surface area contributed by atoms with Crippen molar-refractivity contribution in [2.45, 2.75) is 70.3 Å². The Morgan fingerprint density at radius 3 is 2.41 bits per heavy atom. The van der Waals surface area contributed by atoms with Crippen molar-refractivity contribution in [2.75, 3.05) is 11.1 Å². The average molecular weight is 452 g/mol. The number of aryl methyl sites for hydroxylation is 1. The highest BCUT2D eigenvalue weighted by Gasteiger charge is 2.30. The number of halogens is 1. The lowest BCUT2D eigenvalue weighted by atomic mass is 9.75. The number of benzene rings is 2. The highest BCUT2D eigenvalue weighted by Crippen LogP contribution is 2.45. The summed E-state index contributed by atoms with van der Waals surface area (Å²) in [7, 11) is 0. The first-order chi connectivity index (χ1) is 14.1. The van der Waals surface area contributed by atoms with Crippen LogP contribution >= 0.6 is 15.9 Å². The topological polar surface area (TPSA) is 50.1 Å². The quantitative estimate of drug-likeness (QED) is 0.414. The molecule has 0 heterocycles. The van der Waals surface area contributed by atoms with E-state index in [4.69, 9.17) is 5.73 Å². The highest BCUT2D eigenvalue weighted by atomic mass is 79.9. The lowest BCUT2D eigenvalue weighted by Gasteiger charge is -2.33. The number of hydrogen-bond donors (Lipinski definition) is 3. The molecule has 0 saturated heterocycles. The van der Waals surface area contributed by atoms with Gasteiger partial charge in [-0.05, 0) is 105 Å². The molecule has 3 aliphatic carbocycles. The van der Waals surface area contributed by atoms with E-state index in [1.807, 2.05) is 18.2 Å². The fraction of sp³-hybridized carbons (Fsp3) is 0.440. The van der Waals surface area contributed by atoms with Crippen molar-refractivity contribution < 1.29 is 0 Å². The standard InChI is InChI=1S/C25H30BrN3/c1-15-12-20(28-23-11-8-18(26)13-22(23)27)14-21(16-4-2-5-16)24(15)25(17-6-3-7-17)29-19-9-10-19/h8,11-14,16,19,28-29H,2-7,9-10,27H2,1H3. The third-order valence-electron chi connectivity index (χ3n) is 6.69. The molecule has 3 fully saturated rings. The summed E-state index contributed by atoms with van der Waals surface area (Å²) in [4.78, 5) is 0. The molecule has 0 spiro atoms. The van der Waals surface area contributed by atoms with E-state index >= 15 is 0 Å². The van der Waals surface area contributed by atoms with Crippen LogP contribution in [-0.4, -0.2) is 6.04 Å². The fourth-order valence-corrected chi connectivity index (χ4v) is 4.84. The van der Waals surface area contributed by atoms with E-state index in [-0.39, 0.29) is 0 Å². The molecule has 0 aromatic heterocycles. The lowest BCUT2D eigenvalue weighted by Crippen LogP contribution is -2.22. The maximum atomic E-state index is 6.24. The second kappa shape index (κ2) is 7.71. The minimum Gasteiger partial charge on any atom is -0.397 e. The second-order valence-electron chi connectivity index (χ2n) is 8.99. The molecular weight excluding hydrogens is 422 g/mol. The van der Waals surface area contributed by atoms with Crippen LogP contribution in [0.15, 0.2) is 40.4 Å². The van der Waals surface area contributed by atoms with Gasteiger partial charge in [0.2, 0.25) is 0 Å². The average Bonchev–Trinajstić information content (AvgIpc) is 3.38. The van der Waals surface area contributed by atoms with Gasteiger partial charge in [-0.2, -0.15) is 0 Å². The van der Waals surface area contributed by atoms with Crippen LogP contribution < -0.4 is 16.4 Å². The molecule has 4 heteroatoms. The van der Waals surface area contributed by atoms with E-state index in [1.54, 1.807) is 5.57 Å². The van der Waals surface area contributed by atoms with Gasteiger partial charge in [-0.1, -0.05) is 22.4 Å². The zero-order chi connectivity index (χ0) is 20.0. The first-order valence-electron chi connectivity index (χ1n) is 11.0. The molecule has 0 aliphatic heterocycles. The molecule has 3 aliphatic rings. The lowest BCUT2D eigenvalue weighted by molar-refractivity contribution is 0.419. The highest BCUT2D eigenvalue weighted by molar-refractivity contribution is 9.10. The van der Waals surface area contributed by atoms with Crippen molar-refractivity contribution in [3.63, 3.8) is 0 Å². The normalized spacial score (nSPS) is 18.8. The van der Waals surface area contributed by atoms with Crippen molar-refractivity contribution in [1.82, 2.24) is 5.32 Å². The molecule has 0 bridgehead atoms. The van der Waals surface area contributed by atoms with E-state index in [2.05, 4.69) is 45.6 Å². The van der Waals surface area contributed by atoms with E-state index in [0.717, 1.165) is 21.5 Å². The number of nitrogens with one attached hydrogen (secondary N) is 2. The van der Waals surface area contributed by atoms with E-state index in [9.17, 15) is 0 Å². The van der Waals surface area contributed by atoms with Crippen LogP contribution in [0.1, 0.15) is 74.0 Å². The van der Waals surface area contributed by atoms with Crippen molar-refractivity contribution in [1.29, 1.82) is 0 Å². The Labute approximate surface area is 182 Å². The Bertz CT molecular complexity index is 964. The molecule has 29 heavy (non-hydrogen) atoms. The predicted molar refractivity (Wildman–Crippen MR) is 127 cm³/mol. The zero-order valence-electron chi connectivity index (χ0n) is 17.2. The minimum atomic E-state index is 0.685. The van der Waals surface area contributed by atoms with E-state index < -0.39 is 0 Å². The van der Waals surface area contributed by atoms with Gasteiger partial charge < -0.3 is 16.4 Å². The van der Waals surface area contributed by atoms with Crippen LogP contribution in [0.4, 0.5) is 17.1 Å². The number of anilines is 3. The monoisotopic (exact) mass is 451 g/mol. The molecular formula is C25H30BrN3. The van der Waals surface area contributed by atoms with Gasteiger partial charge in [0, 0.05) is 27.5 Å². The Kier molecular flexibility index (Phi) is 5.07. The van der Waals surface area contributed by atoms with Crippen LogP contribution in [0.5, 0.6) is 0 Å². The Hall–Kier alpha value is -1.94. The van der Waals surface area contributed by atoms with Gasteiger partial charge in [0.25, 0.3) is 0 Å². The van der Waals surface area contributed by atoms with Gasteiger partial charge in [0.05, 0.1) is 11.4 Å². The number of nitrogens with two attached hydrogens (primary N) is 1. The predicted octanol–water partition coefficient (Wildman–Crippen LogP) is 7.00. The van der Waals surface area contributed by atoms with E-state index in [0.29, 0.717) is 12.0 Å². The number of nitrogen functional groups attached to an aromatic ring is 1. The molecule has 0 atom stereocenters.